The van der Waals surface area contributed by atoms with Crippen molar-refractivity contribution in [1.29, 1.82) is 0 Å². The van der Waals surface area contributed by atoms with Gasteiger partial charge in [0.15, 0.2) is 0 Å². The summed E-state index contributed by atoms with van der Waals surface area (Å²) in [6.07, 6.45) is 0. The van der Waals surface area contributed by atoms with Crippen molar-refractivity contribution in [2.45, 2.75) is 0 Å². The maximum Gasteiger partial charge on any atom is 0.143 e. The summed E-state index contributed by atoms with van der Waals surface area (Å²) in [5.41, 5.74) is 12.6. The Labute approximate surface area is 364 Å². The van der Waals surface area contributed by atoms with Crippen LogP contribution in [-0.4, -0.2) is 0 Å². The Morgan fingerprint density at radius 2 is 0.714 bits per heavy atom. The Balaban J connectivity index is 1.13. The van der Waals surface area contributed by atoms with E-state index in [1.807, 2.05) is 12.1 Å². The fraction of sp³-hybridized carbons (Fsp3) is 0. The van der Waals surface area contributed by atoms with Gasteiger partial charge in [0.2, 0.25) is 0 Å². The molecule has 0 saturated carbocycles. The van der Waals surface area contributed by atoms with Crippen LogP contribution in [0.25, 0.3) is 54.6 Å². The van der Waals surface area contributed by atoms with Gasteiger partial charge in [0, 0.05) is 67.1 Å². The van der Waals surface area contributed by atoms with Crippen molar-refractivity contribution < 1.29 is 8.83 Å². The smallest absolute Gasteiger partial charge is 0.143 e. The van der Waals surface area contributed by atoms with E-state index in [9.17, 15) is 0 Å². The number of nitrogens with zero attached hydrogens (tertiary/aromatic N) is 3. The summed E-state index contributed by atoms with van der Waals surface area (Å²) >= 11 is 0. The number of rotatable bonds is 9. The number of hydrogen-bond acceptors (Lipinski definition) is 5. The van der Waals surface area contributed by atoms with Crippen LogP contribution in [0.2, 0.25) is 0 Å². The molecular weight excluding hydrogens is 771 g/mol. The molecule has 298 valence electrons. The molecule has 0 N–H and O–H groups in total. The largest absolute Gasteiger partial charge is 0.456 e. The van der Waals surface area contributed by atoms with Crippen LogP contribution >= 0.6 is 0 Å². The highest BCUT2D eigenvalue weighted by molar-refractivity contribution is 6.19. The monoisotopic (exact) mass is 809 g/mol. The van der Waals surface area contributed by atoms with E-state index in [4.69, 9.17) is 8.83 Å². The first-order chi connectivity index (χ1) is 31.3. The molecule has 0 unspecified atom stereocenters. The van der Waals surface area contributed by atoms with Gasteiger partial charge in [-0.25, -0.2) is 0 Å². The number of fused-ring (bicyclic) bond motifs is 8. The maximum atomic E-state index is 6.99. The van der Waals surface area contributed by atoms with Crippen molar-refractivity contribution in [1.82, 2.24) is 0 Å². The topological polar surface area (TPSA) is 36.0 Å². The summed E-state index contributed by atoms with van der Waals surface area (Å²) in [4.78, 5) is 6.99. The third-order valence-electron chi connectivity index (χ3n) is 12.0. The third kappa shape index (κ3) is 6.25. The Hall–Kier alpha value is -8.54. The Morgan fingerprint density at radius 1 is 0.238 bits per heavy atom. The predicted molar refractivity (Wildman–Crippen MR) is 263 cm³/mol. The average Bonchev–Trinajstić information content (AvgIpc) is 3.92. The Morgan fingerprint density at radius 3 is 1.32 bits per heavy atom. The highest BCUT2D eigenvalue weighted by Crippen LogP contribution is 2.49. The lowest BCUT2D eigenvalue weighted by Gasteiger charge is -2.30. The van der Waals surface area contributed by atoms with Gasteiger partial charge in [-0.2, -0.15) is 0 Å². The van der Waals surface area contributed by atoms with Gasteiger partial charge in [-0.15, -0.1) is 0 Å². The van der Waals surface area contributed by atoms with Gasteiger partial charge < -0.3 is 23.5 Å². The van der Waals surface area contributed by atoms with Gasteiger partial charge in [0.05, 0.1) is 22.4 Å². The molecule has 5 nitrogen and oxygen atoms in total. The van der Waals surface area contributed by atoms with E-state index in [1.165, 1.54) is 0 Å². The molecule has 0 aliphatic heterocycles. The van der Waals surface area contributed by atoms with Gasteiger partial charge in [-0.05, 0) is 103 Å². The summed E-state index contributed by atoms with van der Waals surface area (Å²) in [7, 11) is 0. The quantitative estimate of drug-likeness (QED) is 0.145. The van der Waals surface area contributed by atoms with E-state index in [2.05, 4.69) is 239 Å². The molecule has 0 radical (unpaired) electrons. The zero-order valence-electron chi connectivity index (χ0n) is 34.2. The lowest BCUT2D eigenvalue weighted by Crippen LogP contribution is -2.13. The van der Waals surface area contributed by atoms with Crippen molar-refractivity contribution in [3.63, 3.8) is 0 Å². The van der Waals surface area contributed by atoms with E-state index in [-0.39, 0.29) is 0 Å². The van der Waals surface area contributed by atoms with Crippen LogP contribution in [0.15, 0.2) is 245 Å². The van der Waals surface area contributed by atoms with Crippen LogP contribution in [0.4, 0.5) is 51.2 Å². The van der Waals surface area contributed by atoms with Crippen molar-refractivity contribution in [2.24, 2.45) is 0 Å². The van der Waals surface area contributed by atoms with Crippen LogP contribution < -0.4 is 14.7 Å². The van der Waals surface area contributed by atoms with Gasteiger partial charge in [0.1, 0.15) is 22.3 Å². The molecule has 2 aromatic heterocycles. The Bertz CT molecular complexity index is 3490. The lowest BCUT2D eigenvalue weighted by molar-refractivity contribution is 0.669. The summed E-state index contributed by atoms with van der Waals surface area (Å²) < 4.78 is 13.5. The van der Waals surface area contributed by atoms with Crippen molar-refractivity contribution >= 4 is 106 Å². The molecule has 0 aliphatic rings. The fourth-order valence-corrected chi connectivity index (χ4v) is 9.21. The van der Waals surface area contributed by atoms with E-state index in [1.54, 1.807) is 0 Å². The van der Waals surface area contributed by atoms with Crippen LogP contribution in [-0.2, 0) is 0 Å². The molecule has 12 rings (SSSR count). The van der Waals surface area contributed by atoms with E-state index in [0.29, 0.717) is 0 Å². The minimum absolute atomic E-state index is 0.784. The van der Waals surface area contributed by atoms with Crippen molar-refractivity contribution in [2.75, 3.05) is 14.7 Å². The second-order valence-electron chi connectivity index (χ2n) is 15.7. The summed E-state index contributed by atoms with van der Waals surface area (Å²) in [6.45, 7) is 0. The number of anilines is 9. The normalized spacial score (nSPS) is 11.5. The molecule has 5 heteroatoms. The van der Waals surface area contributed by atoms with Gasteiger partial charge in [0.25, 0.3) is 0 Å². The first kappa shape index (κ1) is 36.3. The van der Waals surface area contributed by atoms with Gasteiger partial charge in [-0.3, -0.25) is 0 Å². The minimum atomic E-state index is 0.784. The third-order valence-corrected chi connectivity index (χ3v) is 12.0. The summed E-state index contributed by atoms with van der Waals surface area (Å²) in [5, 5.41) is 6.41. The van der Waals surface area contributed by atoms with Crippen LogP contribution in [0, 0.1) is 0 Å². The number of furan rings is 2. The second kappa shape index (κ2) is 15.2. The maximum absolute atomic E-state index is 6.99. The number of para-hydroxylation sites is 6. The zero-order valence-corrected chi connectivity index (χ0v) is 34.2. The minimum Gasteiger partial charge on any atom is -0.456 e. The first-order valence-corrected chi connectivity index (χ1v) is 21.3. The van der Waals surface area contributed by atoms with Gasteiger partial charge in [-0.1, -0.05) is 127 Å². The molecule has 10 aromatic carbocycles. The molecular formula is C58H39N3O2. The van der Waals surface area contributed by atoms with Crippen LogP contribution in [0.1, 0.15) is 0 Å². The van der Waals surface area contributed by atoms with Crippen LogP contribution in [0.5, 0.6) is 0 Å². The predicted octanol–water partition coefficient (Wildman–Crippen LogP) is 17.0. The molecule has 0 spiro atoms. The molecule has 0 amide bonds. The SMILES string of the molecule is c1ccc(N(c2ccccc2)c2cc(N(c3ccccc3)c3ccccc3)c3c(c2)oc2ccc(N(c4ccccc4)c4cccc5c4ccc4c6ccccc6oc54)cc23)cc1. The zero-order chi connectivity index (χ0) is 41.7. The second-order valence-corrected chi connectivity index (χ2v) is 15.7. The summed E-state index contributed by atoms with van der Waals surface area (Å²) in [6, 6.07) is 83.1. The summed E-state index contributed by atoms with van der Waals surface area (Å²) in [5.74, 6) is 0. The number of benzene rings is 10. The van der Waals surface area contributed by atoms with Crippen molar-refractivity contribution in [3.05, 3.63) is 237 Å². The van der Waals surface area contributed by atoms with E-state index < -0.39 is 0 Å². The molecule has 0 saturated heterocycles. The molecule has 12 aromatic rings. The van der Waals surface area contributed by atoms with Crippen molar-refractivity contribution in [3.8, 4) is 0 Å². The average molecular weight is 810 g/mol. The fourth-order valence-electron chi connectivity index (χ4n) is 9.21. The van der Waals surface area contributed by atoms with E-state index in [0.717, 1.165) is 106 Å². The standard InChI is InChI=1S/C58H39N3O2/c1-6-19-40(20-7-1)59(41-21-8-2-9-22-41)46-38-53(60(42-23-10-3-11-24-42)43-25-12-4-13-26-43)57-51-37-45(33-36-55(51)62-56(57)39-46)61(44-27-14-5-15-28-44)52-31-18-30-49-47(52)34-35-50-48-29-16-17-32-54(48)63-58(49)50/h1-39H. The lowest BCUT2D eigenvalue weighted by atomic mass is 10.0. The molecule has 2 heterocycles. The highest BCUT2D eigenvalue weighted by Gasteiger charge is 2.25. The molecule has 0 bridgehead atoms. The first-order valence-electron chi connectivity index (χ1n) is 21.3. The highest BCUT2D eigenvalue weighted by atomic mass is 16.3. The Kier molecular flexibility index (Phi) is 8.75. The molecule has 0 atom stereocenters. The molecule has 0 fully saturated rings. The van der Waals surface area contributed by atoms with Crippen LogP contribution in [0.3, 0.4) is 0 Å². The van der Waals surface area contributed by atoms with Gasteiger partial charge >= 0.3 is 0 Å². The number of hydrogen-bond donors (Lipinski definition) is 0. The molecule has 63 heavy (non-hydrogen) atoms. The molecule has 0 aliphatic carbocycles. The van der Waals surface area contributed by atoms with E-state index >= 15 is 0 Å².